The van der Waals surface area contributed by atoms with E-state index in [2.05, 4.69) is 10.6 Å². The SMILES string of the molecule is CCN(CC)S(=O)(=O)c1ccc(C)c(NC(=O)CCCNC(=O)c2cccs2)c1. The van der Waals surface area contributed by atoms with E-state index in [0.717, 1.165) is 5.56 Å². The summed E-state index contributed by atoms with van der Waals surface area (Å²) in [7, 11) is -3.59. The minimum atomic E-state index is -3.59. The van der Waals surface area contributed by atoms with Gasteiger partial charge in [-0.05, 0) is 42.5 Å². The Kier molecular flexibility index (Phi) is 8.36. The lowest BCUT2D eigenvalue weighted by atomic mass is 10.2. The van der Waals surface area contributed by atoms with Crippen LogP contribution in [0, 0.1) is 6.92 Å². The van der Waals surface area contributed by atoms with E-state index in [1.807, 2.05) is 18.4 Å². The molecule has 0 aliphatic heterocycles. The lowest BCUT2D eigenvalue weighted by Gasteiger charge is -2.19. The molecule has 0 saturated carbocycles. The molecule has 0 saturated heterocycles. The molecule has 2 N–H and O–H groups in total. The van der Waals surface area contributed by atoms with Gasteiger partial charge < -0.3 is 10.6 Å². The predicted octanol–water partition coefficient (Wildman–Crippen LogP) is 3.24. The van der Waals surface area contributed by atoms with E-state index in [9.17, 15) is 18.0 Å². The van der Waals surface area contributed by atoms with Crippen LogP contribution in [-0.4, -0.2) is 44.2 Å². The molecule has 29 heavy (non-hydrogen) atoms. The number of aryl methyl sites for hydroxylation is 1. The largest absolute Gasteiger partial charge is 0.351 e. The van der Waals surface area contributed by atoms with E-state index >= 15 is 0 Å². The van der Waals surface area contributed by atoms with Crippen molar-refractivity contribution in [2.24, 2.45) is 0 Å². The monoisotopic (exact) mass is 437 g/mol. The average Bonchev–Trinajstić information content (AvgIpc) is 3.22. The van der Waals surface area contributed by atoms with Crippen molar-refractivity contribution in [3.8, 4) is 0 Å². The first-order chi connectivity index (χ1) is 13.8. The summed E-state index contributed by atoms with van der Waals surface area (Å²) in [6, 6.07) is 8.30. The van der Waals surface area contributed by atoms with Crippen molar-refractivity contribution in [3.63, 3.8) is 0 Å². The Labute approximate surface area is 176 Å². The van der Waals surface area contributed by atoms with E-state index in [1.54, 1.807) is 32.0 Å². The smallest absolute Gasteiger partial charge is 0.261 e. The Bertz CT molecular complexity index is 937. The van der Waals surface area contributed by atoms with Gasteiger partial charge in [0.15, 0.2) is 0 Å². The lowest BCUT2D eigenvalue weighted by Crippen LogP contribution is -2.30. The molecule has 2 aromatic rings. The quantitative estimate of drug-likeness (QED) is 0.558. The number of nitrogens with zero attached hydrogens (tertiary/aromatic N) is 1. The van der Waals surface area contributed by atoms with Gasteiger partial charge >= 0.3 is 0 Å². The van der Waals surface area contributed by atoms with Gasteiger partial charge in [0.05, 0.1) is 9.77 Å². The third kappa shape index (κ3) is 6.12. The molecule has 0 spiro atoms. The van der Waals surface area contributed by atoms with Crippen LogP contribution < -0.4 is 10.6 Å². The van der Waals surface area contributed by atoms with E-state index < -0.39 is 10.0 Å². The van der Waals surface area contributed by atoms with Gasteiger partial charge in [-0.1, -0.05) is 26.0 Å². The summed E-state index contributed by atoms with van der Waals surface area (Å²) >= 11 is 1.36. The standard InChI is InChI=1S/C20H27N3O4S2/c1-4-23(5-2)29(26,27)16-11-10-15(3)17(14-16)22-19(24)9-6-12-21-20(25)18-8-7-13-28-18/h7-8,10-11,13-14H,4-6,9,12H2,1-3H3,(H,21,25)(H,22,24). The Morgan fingerprint density at radius 3 is 2.48 bits per heavy atom. The molecule has 0 aliphatic carbocycles. The zero-order valence-electron chi connectivity index (χ0n) is 16.9. The summed E-state index contributed by atoms with van der Waals surface area (Å²) in [4.78, 5) is 24.9. The number of nitrogens with one attached hydrogen (secondary N) is 2. The Morgan fingerprint density at radius 2 is 1.86 bits per heavy atom. The van der Waals surface area contributed by atoms with Gasteiger partial charge in [-0.15, -0.1) is 11.3 Å². The van der Waals surface area contributed by atoms with Gasteiger partial charge in [-0.25, -0.2) is 8.42 Å². The van der Waals surface area contributed by atoms with E-state index in [0.29, 0.717) is 36.6 Å². The third-order valence-corrected chi connectivity index (χ3v) is 7.35. The fourth-order valence-electron chi connectivity index (χ4n) is 2.77. The summed E-state index contributed by atoms with van der Waals surface area (Å²) in [6.07, 6.45) is 0.705. The number of carbonyl (C=O) groups is 2. The van der Waals surface area contributed by atoms with Crippen molar-refractivity contribution in [2.75, 3.05) is 25.0 Å². The van der Waals surface area contributed by atoms with Crippen LogP contribution in [0.3, 0.4) is 0 Å². The molecule has 0 radical (unpaired) electrons. The number of sulfonamides is 1. The molecule has 0 unspecified atom stereocenters. The summed E-state index contributed by atoms with van der Waals surface area (Å²) < 4.78 is 26.8. The predicted molar refractivity (Wildman–Crippen MR) is 116 cm³/mol. The van der Waals surface area contributed by atoms with Gasteiger partial charge in [-0.3, -0.25) is 9.59 Å². The number of hydrogen-bond donors (Lipinski definition) is 2. The number of anilines is 1. The number of hydrogen-bond acceptors (Lipinski definition) is 5. The van der Waals surface area contributed by atoms with Gasteiger partial charge in [0.2, 0.25) is 15.9 Å². The van der Waals surface area contributed by atoms with Crippen LogP contribution in [0.15, 0.2) is 40.6 Å². The highest BCUT2D eigenvalue weighted by Gasteiger charge is 2.22. The highest BCUT2D eigenvalue weighted by Crippen LogP contribution is 2.23. The number of rotatable bonds is 10. The van der Waals surface area contributed by atoms with Crippen LogP contribution in [0.5, 0.6) is 0 Å². The van der Waals surface area contributed by atoms with E-state index in [1.165, 1.54) is 21.7 Å². The number of amides is 2. The zero-order valence-corrected chi connectivity index (χ0v) is 18.5. The number of carbonyl (C=O) groups excluding carboxylic acids is 2. The second-order valence-corrected chi connectivity index (χ2v) is 9.34. The Hall–Kier alpha value is -2.23. The van der Waals surface area contributed by atoms with E-state index in [-0.39, 0.29) is 23.1 Å². The summed E-state index contributed by atoms with van der Waals surface area (Å²) in [5.74, 6) is -0.374. The fourth-order valence-corrected chi connectivity index (χ4v) is 4.89. The van der Waals surface area contributed by atoms with Crippen LogP contribution in [0.25, 0.3) is 0 Å². The molecule has 9 heteroatoms. The molecule has 2 rings (SSSR count). The van der Waals surface area contributed by atoms with Gasteiger partial charge in [0.25, 0.3) is 5.91 Å². The van der Waals surface area contributed by atoms with Crippen molar-refractivity contribution < 1.29 is 18.0 Å². The fraction of sp³-hybridized carbons (Fsp3) is 0.400. The molecule has 0 bridgehead atoms. The molecular weight excluding hydrogens is 410 g/mol. The van der Waals surface area contributed by atoms with Gasteiger partial charge in [0, 0.05) is 31.7 Å². The molecule has 0 fully saturated rings. The first kappa shape index (κ1) is 23.1. The normalized spacial score (nSPS) is 11.4. The maximum Gasteiger partial charge on any atom is 0.261 e. The van der Waals surface area contributed by atoms with Crippen molar-refractivity contribution in [1.29, 1.82) is 0 Å². The second kappa shape index (κ2) is 10.5. The molecular formula is C20H27N3O4S2. The highest BCUT2D eigenvalue weighted by molar-refractivity contribution is 7.89. The molecule has 7 nitrogen and oxygen atoms in total. The van der Waals surface area contributed by atoms with Crippen LogP contribution in [-0.2, 0) is 14.8 Å². The topological polar surface area (TPSA) is 95.6 Å². The maximum atomic E-state index is 12.7. The molecule has 0 atom stereocenters. The summed E-state index contributed by atoms with van der Waals surface area (Å²) in [6.45, 7) is 6.53. The average molecular weight is 438 g/mol. The molecule has 1 aromatic heterocycles. The van der Waals surface area contributed by atoms with Gasteiger partial charge in [-0.2, -0.15) is 4.31 Å². The second-order valence-electron chi connectivity index (χ2n) is 6.45. The van der Waals surface area contributed by atoms with E-state index in [4.69, 9.17) is 0 Å². The maximum absolute atomic E-state index is 12.7. The first-order valence-electron chi connectivity index (χ1n) is 9.52. The minimum absolute atomic E-state index is 0.148. The molecule has 158 valence electrons. The van der Waals surface area contributed by atoms with Crippen LogP contribution in [0.4, 0.5) is 5.69 Å². The lowest BCUT2D eigenvalue weighted by molar-refractivity contribution is -0.116. The van der Waals surface area contributed by atoms with Crippen molar-refractivity contribution in [2.45, 2.75) is 38.5 Å². The summed E-state index contributed by atoms with van der Waals surface area (Å²) in [5.41, 5.74) is 1.26. The first-order valence-corrected chi connectivity index (χ1v) is 11.8. The van der Waals surface area contributed by atoms with Crippen molar-refractivity contribution >= 4 is 38.9 Å². The third-order valence-electron chi connectivity index (χ3n) is 4.44. The zero-order chi connectivity index (χ0) is 21.4. The highest BCUT2D eigenvalue weighted by atomic mass is 32.2. The molecule has 1 aromatic carbocycles. The Morgan fingerprint density at radius 1 is 1.14 bits per heavy atom. The number of benzene rings is 1. The molecule has 1 heterocycles. The van der Waals surface area contributed by atoms with Crippen molar-refractivity contribution in [1.82, 2.24) is 9.62 Å². The van der Waals surface area contributed by atoms with Gasteiger partial charge in [0.1, 0.15) is 0 Å². The molecule has 2 amide bonds. The number of thiophene rings is 1. The molecule has 0 aliphatic rings. The van der Waals surface area contributed by atoms with Crippen LogP contribution >= 0.6 is 11.3 Å². The summed E-state index contributed by atoms with van der Waals surface area (Å²) in [5, 5.41) is 7.39. The minimum Gasteiger partial charge on any atom is -0.351 e. The van der Waals surface area contributed by atoms with Crippen LogP contribution in [0.2, 0.25) is 0 Å². The Balaban J connectivity index is 1.93. The van der Waals surface area contributed by atoms with Crippen LogP contribution in [0.1, 0.15) is 41.9 Å². The van der Waals surface area contributed by atoms with Crippen molar-refractivity contribution in [3.05, 3.63) is 46.2 Å².